The van der Waals surface area contributed by atoms with Crippen molar-refractivity contribution in [3.05, 3.63) is 0 Å². The second-order valence-corrected chi connectivity index (χ2v) is 1.96. The van der Waals surface area contributed by atoms with Crippen molar-refractivity contribution in [3.8, 4) is 6.07 Å². The minimum absolute atomic E-state index is 0.0721. The van der Waals surface area contributed by atoms with Crippen LogP contribution in [0.3, 0.4) is 0 Å². The molecule has 0 amide bonds. The number of nitrogens with zero attached hydrogens (tertiary/aromatic N) is 1. The number of hydrogen-bond acceptors (Lipinski definition) is 3. The molecule has 1 unspecified atom stereocenters. The van der Waals surface area contributed by atoms with E-state index in [4.69, 9.17) is 5.26 Å². The molecule has 0 N–H and O–H groups in total. The molecule has 0 spiro atoms. The molecule has 3 nitrogen and oxygen atoms in total. The Morgan fingerprint density at radius 1 is 1.80 bits per heavy atom. The van der Waals surface area contributed by atoms with Crippen LogP contribution in [0.4, 0.5) is 0 Å². The van der Waals surface area contributed by atoms with Gasteiger partial charge in [0.05, 0.1) is 6.07 Å². The summed E-state index contributed by atoms with van der Waals surface area (Å²) in [5.74, 6) is 0. The van der Waals surface area contributed by atoms with E-state index in [1.54, 1.807) is 0 Å². The van der Waals surface area contributed by atoms with Gasteiger partial charge in [0.15, 0.2) is 0 Å². The Bertz CT molecular complexity index is 128. The Hall–Kier alpha value is -1.04. The topological polar surface area (TPSA) is 50.1 Å². The molecule has 0 rings (SSSR count). The second-order valence-electron chi connectivity index (χ2n) is 1.96. The minimum atomic E-state index is -0.0721. The Kier molecular flexibility index (Phi) is 5.45. The number of carbonyl (C=O) groups excluding carboxylic acids is 1. The van der Waals surface area contributed by atoms with Gasteiger partial charge in [-0.15, -0.1) is 0 Å². The zero-order chi connectivity index (χ0) is 7.82. The van der Waals surface area contributed by atoms with E-state index in [0.29, 0.717) is 19.3 Å². The quantitative estimate of drug-likeness (QED) is 0.541. The van der Waals surface area contributed by atoms with Crippen molar-refractivity contribution in [2.24, 2.45) is 0 Å². The monoisotopic (exact) mass is 141 g/mol. The van der Waals surface area contributed by atoms with Gasteiger partial charge in [0.1, 0.15) is 6.10 Å². The fraction of sp³-hybridized carbons (Fsp3) is 0.714. The number of nitriles is 1. The lowest BCUT2D eigenvalue weighted by atomic mass is 10.2. The van der Waals surface area contributed by atoms with E-state index in [1.807, 2.05) is 13.0 Å². The van der Waals surface area contributed by atoms with E-state index in [-0.39, 0.29) is 6.10 Å². The first kappa shape index (κ1) is 8.96. The fourth-order valence-electron chi connectivity index (χ4n) is 0.672. The molecule has 0 saturated heterocycles. The zero-order valence-corrected chi connectivity index (χ0v) is 6.04. The predicted octanol–water partition coefficient (Wildman–Crippen LogP) is 1.24. The summed E-state index contributed by atoms with van der Waals surface area (Å²) >= 11 is 0. The second kappa shape index (κ2) is 6.09. The van der Waals surface area contributed by atoms with Crippen molar-refractivity contribution >= 4 is 6.47 Å². The minimum Gasteiger partial charge on any atom is -0.465 e. The summed E-state index contributed by atoms with van der Waals surface area (Å²) in [6.45, 7) is 2.36. The third kappa shape index (κ3) is 3.90. The predicted molar refractivity (Wildman–Crippen MR) is 36.1 cm³/mol. The van der Waals surface area contributed by atoms with Crippen LogP contribution in [0.15, 0.2) is 0 Å². The summed E-state index contributed by atoms with van der Waals surface area (Å²) in [6, 6.07) is 1.99. The highest BCUT2D eigenvalue weighted by molar-refractivity contribution is 5.37. The first-order chi connectivity index (χ1) is 4.85. The normalized spacial score (nSPS) is 11.6. The van der Waals surface area contributed by atoms with Gasteiger partial charge in [0, 0.05) is 6.42 Å². The van der Waals surface area contributed by atoms with Crippen molar-refractivity contribution < 1.29 is 9.53 Å². The molecule has 0 aliphatic heterocycles. The lowest BCUT2D eigenvalue weighted by Gasteiger charge is -2.09. The van der Waals surface area contributed by atoms with Crippen molar-refractivity contribution in [3.63, 3.8) is 0 Å². The van der Waals surface area contributed by atoms with Gasteiger partial charge in [-0.25, -0.2) is 0 Å². The van der Waals surface area contributed by atoms with Gasteiger partial charge in [-0.05, 0) is 12.8 Å². The van der Waals surface area contributed by atoms with E-state index >= 15 is 0 Å². The average Bonchev–Trinajstić information content (AvgIpc) is 1.98. The van der Waals surface area contributed by atoms with Crippen LogP contribution < -0.4 is 0 Å². The first-order valence-electron chi connectivity index (χ1n) is 3.31. The maximum Gasteiger partial charge on any atom is 0.293 e. The van der Waals surface area contributed by atoms with Crippen molar-refractivity contribution in [1.82, 2.24) is 0 Å². The highest BCUT2D eigenvalue weighted by atomic mass is 16.5. The van der Waals surface area contributed by atoms with Gasteiger partial charge in [-0.3, -0.25) is 4.79 Å². The van der Waals surface area contributed by atoms with Crippen LogP contribution in [0.1, 0.15) is 26.2 Å². The fourth-order valence-corrected chi connectivity index (χ4v) is 0.672. The highest BCUT2D eigenvalue weighted by Gasteiger charge is 2.03. The summed E-state index contributed by atoms with van der Waals surface area (Å²) in [5, 5.41) is 8.19. The molecule has 0 aromatic rings. The molecule has 0 aromatic heterocycles. The Labute approximate surface area is 60.6 Å². The average molecular weight is 141 g/mol. The molecule has 0 radical (unpaired) electrons. The maximum atomic E-state index is 9.83. The van der Waals surface area contributed by atoms with E-state index in [2.05, 4.69) is 4.74 Å². The number of ether oxygens (including phenoxy) is 1. The van der Waals surface area contributed by atoms with Crippen LogP contribution in [0.2, 0.25) is 0 Å². The third-order valence-corrected chi connectivity index (χ3v) is 1.28. The maximum absolute atomic E-state index is 9.83. The summed E-state index contributed by atoms with van der Waals surface area (Å²) < 4.78 is 4.66. The first-order valence-corrected chi connectivity index (χ1v) is 3.31. The molecule has 10 heavy (non-hydrogen) atoms. The Morgan fingerprint density at radius 3 is 2.90 bits per heavy atom. The third-order valence-electron chi connectivity index (χ3n) is 1.28. The number of hydrogen-bond donors (Lipinski definition) is 0. The molecular formula is C7H11NO2. The van der Waals surface area contributed by atoms with E-state index in [1.165, 1.54) is 0 Å². The molecule has 0 fully saturated rings. The molecule has 1 atom stereocenters. The standard InChI is InChI=1S/C7H11NO2/c1-2-7(10-6-9)4-3-5-8/h6-7H,2-4H2,1H3. The molecule has 0 aliphatic rings. The Balaban J connectivity index is 3.41. The lowest BCUT2D eigenvalue weighted by Crippen LogP contribution is -2.09. The van der Waals surface area contributed by atoms with E-state index in [9.17, 15) is 4.79 Å². The molecular weight excluding hydrogens is 130 g/mol. The number of rotatable bonds is 5. The van der Waals surface area contributed by atoms with Gasteiger partial charge < -0.3 is 4.74 Å². The molecule has 0 bridgehead atoms. The van der Waals surface area contributed by atoms with E-state index < -0.39 is 0 Å². The van der Waals surface area contributed by atoms with Crippen LogP contribution in [-0.4, -0.2) is 12.6 Å². The highest BCUT2D eigenvalue weighted by Crippen LogP contribution is 2.03. The van der Waals surface area contributed by atoms with Gasteiger partial charge in [0.2, 0.25) is 0 Å². The SMILES string of the molecule is CCC(CCC#N)OC=O. The number of carbonyl (C=O) groups is 1. The van der Waals surface area contributed by atoms with Gasteiger partial charge in [-0.1, -0.05) is 6.92 Å². The van der Waals surface area contributed by atoms with E-state index in [0.717, 1.165) is 6.42 Å². The molecule has 0 aliphatic carbocycles. The van der Waals surface area contributed by atoms with Crippen molar-refractivity contribution in [2.75, 3.05) is 0 Å². The summed E-state index contributed by atoms with van der Waals surface area (Å²) in [6.07, 6.45) is 1.80. The zero-order valence-electron chi connectivity index (χ0n) is 6.04. The smallest absolute Gasteiger partial charge is 0.293 e. The van der Waals surface area contributed by atoms with Crippen molar-refractivity contribution in [1.29, 1.82) is 5.26 Å². The molecule has 0 aromatic carbocycles. The van der Waals surface area contributed by atoms with Crippen LogP contribution in [0.25, 0.3) is 0 Å². The van der Waals surface area contributed by atoms with Crippen molar-refractivity contribution in [2.45, 2.75) is 32.3 Å². The molecule has 3 heteroatoms. The summed E-state index contributed by atoms with van der Waals surface area (Å²) in [7, 11) is 0. The van der Waals surface area contributed by atoms with Gasteiger partial charge in [0.25, 0.3) is 6.47 Å². The van der Waals surface area contributed by atoms with Crippen LogP contribution >= 0.6 is 0 Å². The summed E-state index contributed by atoms with van der Waals surface area (Å²) in [4.78, 5) is 9.83. The Morgan fingerprint density at radius 2 is 2.50 bits per heavy atom. The van der Waals surface area contributed by atoms with Crippen LogP contribution in [-0.2, 0) is 9.53 Å². The summed E-state index contributed by atoms with van der Waals surface area (Å²) in [5.41, 5.74) is 0. The van der Waals surface area contributed by atoms with Gasteiger partial charge in [-0.2, -0.15) is 5.26 Å². The molecule has 0 heterocycles. The largest absolute Gasteiger partial charge is 0.465 e. The van der Waals surface area contributed by atoms with Crippen LogP contribution in [0.5, 0.6) is 0 Å². The van der Waals surface area contributed by atoms with Gasteiger partial charge >= 0.3 is 0 Å². The molecule has 0 saturated carbocycles. The lowest BCUT2D eigenvalue weighted by molar-refractivity contribution is -0.133. The van der Waals surface area contributed by atoms with Crippen LogP contribution in [0, 0.1) is 11.3 Å². The molecule has 56 valence electrons.